The monoisotopic (exact) mass is 278 g/mol. The van der Waals surface area contributed by atoms with E-state index < -0.39 is 5.97 Å². The van der Waals surface area contributed by atoms with Crippen molar-refractivity contribution in [3.63, 3.8) is 0 Å². The van der Waals surface area contributed by atoms with Gasteiger partial charge in [0.15, 0.2) is 0 Å². The highest BCUT2D eigenvalue weighted by molar-refractivity contribution is 5.72. The highest BCUT2D eigenvalue weighted by Gasteiger charge is 2.31. The van der Waals surface area contributed by atoms with Crippen molar-refractivity contribution in [2.24, 2.45) is 0 Å². The maximum Gasteiger partial charge on any atom is 0.308 e. The maximum atomic E-state index is 11.2. The molecule has 1 aliphatic heterocycles. The van der Waals surface area contributed by atoms with Crippen LogP contribution in [-0.2, 0) is 16.0 Å². The fourth-order valence-corrected chi connectivity index (χ4v) is 2.60. The molecule has 5 nitrogen and oxygen atoms in total. The molecule has 0 amide bonds. The molecule has 1 atom stereocenters. The van der Waals surface area contributed by atoms with Crippen molar-refractivity contribution in [2.75, 3.05) is 0 Å². The van der Waals surface area contributed by atoms with E-state index in [4.69, 9.17) is 14.6 Å². The van der Waals surface area contributed by atoms with Crippen molar-refractivity contribution in [1.29, 1.82) is 0 Å². The molecule has 0 spiro atoms. The van der Waals surface area contributed by atoms with Crippen LogP contribution in [0.15, 0.2) is 0 Å². The summed E-state index contributed by atoms with van der Waals surface area (Å²) in [4.78, 5) is 22.0. The van der Waals surface area contributed by atoms with Crippen LogP contribution < -0.4 is 9.47 Å². The Morgan fingerprint density at radius 2 is 1.90 bits per heavy atom. The van der Waals surface area contributed by atoms with Gasteiger partial charge in [0.2, 0.25) is 0 Å². The van der Waals surface area contributed by atoms with Crippen LogP contribution in [0.5, 0.6) is 11.5 Å². The summed E-state index contributed by atoms with van der Waals surface area (Å²) in [5.74, 6) is 0.0575. The highest BCUT2D eigenvalue weighted by Crippen LogP contribution is 2.42. The van der Waals surface area contributed by atoms with Gasteiger partial charge in [-0.2, -0.15) is 0 Å². The molecule has 1 unspecified atom stereocenters. The summed E-state index contributed by atoms with van der Waals surface area (Å²) in [7, 11) is 0. The number of hydrogen-bond donors (Lipinski definition) is 1. The van der Waals surface area contributed by atoms with Crippen molar-refractivity contribution >= 4 is 11.9 Å². The summed E-state index contributed by atoms with van der Waals surface area (Å²) in [5.41, 5.74) is 3.55. The van der Waals surface area contributed by atoms with E-state index in [1.165, 1.54) is 6.92 Å². The van der Waals surface area contributed by atoms with E-state index >= 15 is 0 Å². The first-order valence-electron chi connectivity index (χ1n) is 6.50. The Hall–Kier alpha value is -2.04. The summed E-state index contributed by atoms with van der Waals surface area (Å²) < 4.78 is 11.0. The minimum Gasteiger partial charge on any atom is -0.489 e. The normalized spacial score (nSPS) is 16.5. The van der Waals surface area contributed by atoms with Crippen molar-refractivity contribution in [3.8, 4) is 11.5 Å². The Labute approximate surface area is 117 Å². The second-order valence-electron chi connectivity index (χ2n) is 5.15. The molecule has 0 fully saturated rings. The van der Waals surface area contributed by atoms with Crippen molar-refractivity contribution < 1.29 is 24.2 Å². The second kappa shape index (κ2) is 5.15. The number of ether oxygens (including phenoxy) is 2. The number of carbonyl (C=O) groups excluding carboxylic acids is 1. The summed E-state index contributed by atoms with van der Waals surface area (Å²) in [6.07, 6.45) is 0.144. The van der Waals surface area contributed by atoms with E-state index in [9.17, 15) is 9.59 Å². The molecule has 2 rings (SSSR count). The lowest BCUT2D eigenvalue weighted by atomic mass is 9.95. The number of fused-ring (bicyclic) bond motifs is 1. The molecule has 108 valence electrons. The lowest BCUT2D eigenvalue weighted by molar-refractivity contribution is -0.138. The Morgan fingerprint density at radius 3 is 2.45 bits per heavy atom. The number of carbonyl (C=O) groups is 2. The van der Waals surface area contributed by atoms with Crippen LogP contribution in [0.3, 0.4) is 0 Å². The van der Waals surface area contributed by atoms with E-state index in [0.717, 1.165) is 28.0 Å². The summed E-state index contributed by atoms with van der Waals surface area (Å²) in [6.45, 7) is 7.00. The number of rotatable bonds is 3. The number of benzene rings is 1. The molecule has 0 radical (unpaired) electrons. The van der Waals surface area contributed by atoms with Gasteiger partial charge in [0.1, 0.15) is 17.6 Å². The van der Waals surface area contributed by atoms with E-state index in [1.807, 2.05) is 20.8 Å². The molecule has 0 bridgehead atoms. The SMILES string of the molecule is CC(=O)Oc1c(C)c(C)c2c(c1C)CC(CC(=O)O)O2. The topological polar surface area (TPSA) is 72.8 Å². The lowest BCUT2D eigenvalue weighted by Crippen LogP contribution is -2.17. The van der Waals surface area contributed by atoms with Gasteiger partial charge in [0.05, 0.1) is 6.42 Å². The van der Waals surface area contributed by atoms with E-state index in [2.05, 4.69) is 0 Å². The Bertz CT molecular complexity index is 589. The molecule has 1 heterocycles. The summed E-state index contributed by atoms with van der Waals surface area (Å²) in [5, 5.41) is 8.87. The predicted molar refractivity (Wildman–Crippen MR) is 72.3 cm³/mol. The average molecular weight is 278 g/mol. The lowest BCUT2D eigenvalue weighted by Gasteiger charge is -2.16. The van der Waals surface area contributed by atoms with Crippen LogP contribution in [0.1, 0.15) is 35.6 Å². The molecule has 0 saturated heterocycles. The van der Waals surface area contributed by atoms with Gasteiger partial charge in [-0.25, -0.2) is 0 Å². The van der Waals surface area contributed by atoms with Gasteiger partial charge in [-0.3, -0.25) is 9.59 Å². The molecule has 0 saturated carbocycles. The Balaban J connectivity index is 2.44. The van der Waals surface area contributed by atoms with Crippen LogP contribution in [0.2, 0.25) is 0 Å². The molecule has 20 heavy (non-hydrogen) atoms. The molecular weight excluding hydrogens is 260 g/mol. The molecule has 1 aromatic carbocycles. The van der Waals surface area contributed by atoms with Gasteiger partial charge in [-0.1, -0.05) is 0 Å². The van der Waals surface area contributed by atoms with Gasteiger partial charge in [-0.05, 0) is 37.5 Å². The minimum atomic E-state index is -0.880. The largest absolute Gasteiger partial charge is 0.489 e. The smallest absolute Gasteiger partial charge is 0.308 e. The first-order valence-corrected chi connectivity index (χ1v) is 6.50. The van der Waals surface area contributed by atoms with Crippen molar-refractivity contribution in [2.45, 2.75) is 46.6 Å². The van der Waals surface area contributed by atoms with Crippen LogP contribution >= 0.6 is 0 Å². The summed E-state index contributed by atoms with van der Waals surface area (Å²) >= 11 is 0. The third kappa shape index (κ3) is 2.48. The number of carboxylic acids is 1. The second-order valence-corrected chi connectivity index (χ2v) is 5.15. The Morgan fingerprint density at radius 1 is 1.25 bits per heavy atom. The van der Waals surface area contributed by atoms with Gasteiger partial charge >= 0.3 is 11.9 Å². The zero-order chi connectivity index (χ0) is 15.0. The number of hydrogen-bond acceptors (Lipinski definition) is 4. The van der Waals surface area contributed by atoms with E-state index in [-0.39, 0.29) is 18.5 Å². The molecular formula is C15H18O5. The Kier molecular flexibility index (Phi) is 3.70. The molecule has 0 aliphatic carbocycles. The van der Waals surface area contributed by atoms with Gasteiger partial charge < -0.3 is 14.6 Å². The number of esters is 1. The average Bonchev–Trinajstić information content (AvgIpc) is 2.75. The van der Waals surface area contributed by atoms with E-state index in [1.54, 1.807) is 0 Å². The van der Waals surface area contributed by atoms with E-state index in [0.29, 0.717) is 12.2 Å². The predicted octanol–water partition coefficient (Wildman–Crippen LogP) is 2.32. The fourth-order valence-electron chi connectivity index (χ4n) is 2.60. The first-order chi connectivity index (χ1) is 9.31. The highest BCUT2D eigenvalue weighted by atomic mass is 16.5. The van der Waals surface area contributed by atoms with Crippen LogP contribution in [0.25, 0.3) is 0 Å². The quantitative estimate of drug-likeness (QED) is 0.678. The number of aliphatic carboxylic acids is 1. The van der Waals surface area contributed by atoms with Crippen LogP contribution in [0, 0.1) is 20.8 Å². The van der Waals surface area contributed by atoms with Gasteiger partial charge in [-0.15, -0.1) is 0 Å². The van der Waals surface area contributed by atoms with Crippen LogP contribution in [-0.4, -0.2) is 23.1 Å². The third-order valence-electron chi connectivity index (χ3n) is 3.68. The summed E-state index contributed by atoms with van der Waals surface area (Å²) in [6, 6.07) is 0. The molecule has 1 aromatic rings. The zero-order valence-corrected chi connectivity index (χ0v) is 12.1. The molecule has 1 aliphatic rings. The standard InChI is InChI=1S/C15H18O5/c1-7-8(2)15-12(5-11(20-15)6-13(17)18)9(3)14(7)19-10(4)16/h11H,5-6H2,1-4H3,(H,17,18). The van der Waals surface area contributed by atoms with Gasteiger partial charge in [0.25, 0.3) is 0 Å². The van der Waals surface area contributed by atoms with Gasteiger partial charge in [0, 0.05) is 18.9 Å². The first kappa shape index (κ1) is 14.4. The molecule has 5 heteroatoms. The van der Waals surface area contributed by atoms with Crippen molar-refractivity contribution in [1.82, 2.24) is 0 Å². The molecule has 1 N–H and O–H groups in total. The fraction of sp³-hybridized carbons (Fsp3) is 0.467. The van der Waals surface area contributed by atoms with Crippen LogP contribution in [0.4, 0.5) is 0 Å². The molecule has 0 aromatic heterocycles. The number of carboxylic acid groups (broad SMARTS) is 1. The maximum absolute atomic E-state index is 11.2. The van der Waals surface area contributed by atoms with Crippen molar-refractivity contribution in [3.05, 3.63) is 22.3 Å². The minimum absolute atomic E-state index is 0.0322. The zero-order valence-electron chi connectivity index (χ0n) is 12.1. The third-order valence-corrected chi connectivity index (χ3v) is 3.68.